The van der Waals surface area contributed by atoms with Gasteiger partial charge in [0.15, 0.2) is 0 Å². The maximum Gasteiger partial charge on any atom is 0.219 e. The summed E-state index contributed by atoms with van der Waals surface area (Å²) in [4.78, 5) is 16.5. The third-order valence-corrected chi connectivity index (χ3v) is 5.78. The van der Waals surface area contributed by atoms with E-state index in [4.69, 9.17) is 11.6 Å². The van der Waals surface area contributed by atoms with Crippen LogP contribution >= 0.6 is 11.6 Å². The van der Waals surface area contributed by atoms with E-state index in [1.54, 1.807) is 25.3 Å². The molecule has 2 aliphatic heterocycles. The van der Waals surface area contributed by atoms with Crippen molar-refractivity contribution in [3.8, 4) is 0 Å². The van der Waals surface area contributed by atoms with E-state index in [1.807, 2.05) is 21.8 Å². The topological polar surface area (TPSA) is 41.4 Å². The van der Waals surface area contributed by atoms with Gasteiger partial charge in [0.1, 0.15) is 5.82 Å². The predicted molar refractivity (Wildman–Crippen MR) is 97.2 cm³/mol. The molecule has 0 spiro atoms. The van der Waals surface area contributed by atoms with Crippen LogP contribution in [-0.2, 0) is 11.3 Å². The summed E-state index contributed by atoms with van der Waals surface area (Å²) < 4.78 is 15.6. The van der Waals surface area contributed by atoms with Crippen molar-refractivity contribution in [2.75, 3.05) is 26.2 Å². The quantitative estimate of drug-likeness (QED) is 0.824. The summed E-state index contributed by atoms with van der Waals surface area (Å²) in [5, 5.41) is 4.86. The molecule has 0 unspecified atom stereocenters. The summed E-state index contributed by atoms with van der Waals surface area (Å²) in [6.45, 7) is 5.88. The fourth-order valence-corrected chi connectivity index (χ4v) is 4.62. The summed E-state index contributed by atoms with van der Waals surface area (Å²) in [5.41, 5.74) is 0.897. The molecular weight excluding hydrogens is 355 g/mol. The molecule has 0 N–H and O–H groups in total. The Balaban J connectivity index is 1.48. The molecule has 4 rings (SSSR count). The lowest BCUT2D eigenvalue weighted by atomic mass is 9.89. The molecule has 2 aromatic rings. The number of amides is 1. The summed E-state index contributed by atoms with van der Waals surface area (Å²) in [6.07, 6.45) is 3.47. The summed E-state index contributed by atoms with van der Waals surface area (Å²) in [7, 11) is 0. The van der Waals surface area contributed by atoms with E-state index < -0.39 is 0 Å². The summed E-state index contributed by atoms with van der Waals surface area (Å²) in [5.74, 6) is 0.571. The average molecular weight is 377 g/mol. The highest BCUT2D eigenvalue weighted by Crippen LogP contribution is 2.44. The van der Waals surface area contributed by atoms with Gasteiger partial charge in [-0.05, 0) is 23.6 Å². The van der Waals surface area contributed by atoms with Gasteiger partial charge in [0, 0.05) is 45.2 Å². The highest BCUT2D eigenvalue weighted by Gasteiger charge is 2.48. The minimum Gasteiger partial charge on any atom is -0.335 e. The van der Waals surface area contributed by atoms with Crippen molar-refractivity contribution in [3.63, 3.8) is 0 Å². The number of likely N-dealkylation sites (tertiary alicyclic amines) is 2. The molecule has 0 bridgehead atoms. The first-order valence-corrected chi connectivity index (χ1v) is 9.32. The molecule has 3 atom stereocenters. The molecule has 0 aliphatic carbocycles. The zero-order valence-electron chi connectivity index (χ0n) is 14.7. The van der Waals surface area contributed by atoms with E-state index >= 15 is 0 Å². The first-order chi connectivity index (χ1) is 12.5. The number of hydrogen-bond donors (Lipinski definition) is 0. The van der Waals surface area contributed by atoms with E-state index in [1.165, 1.54) is 6.07 Å². The minimum absolute atomic E-state index is 0.0441. The number of carbonyl (C=O) groups is 1. The first-order valence-electron chi connectivity index (χ1n) is 8.94. The van der Waals surface area contributed by atoms with Crippen molar-refractivity contribution in [1.29, 1.82) is 0 Å². The first kappa shape index (κ1) is 17.5. The van der Waals surface area contributed by atoms with Crippen LogP contribution in [0.15, 0.2) is 36.7 Å². The number of carbonyl (C=O) groups excluding carboxylic acids is 1. The molecule has 0 radical (unpaired) electrons. The minimum atomic E-state index is -0.250. The third-order valence-electron chi connectivity index (χ3n) is 5.58. The molecule has 2 fully saturated rings. The maximum atomic E-state index is 13.7. The average Bonchev–Trinajstić information content (AvgIpc) is 3.26. The Morgan fingerprint density at radius 2 is 2.15 bits per heavy atom. The molecule has 7 heteroatoms. The van der Waals surface area contributed by atoms with Crippen molar-refractivity contribution in [1.82, 2.24) is 19.6 Å². The zero-order chi connectivity index (χ0) is 18.3. The molecule has 1 aromatic heterocycles. The van der Waals surface area contributed by atoms with Crippen LogP contribution in [0.4, 0.5) is 4.39 Å². The van der Waals surface area contributed by atoms with Crippen LogP contribution in [0.3, 0.4) is 0 Å². The van der Waals surface area contributed by atoms with Gasteiger partial charge in [0.25, 0.3) is 0 Å². The second-order valence-electron chi connectivity index (χ2n) is 7.28. The van der Waals surface area contributed by atoms with Crippen LogP contribution in [-0.4, -0.2) is 51.7 Å². The maximum absolute atomic E-state index is 13.7. The van der Waals surface area contributed by atoms with Gasteiger partial charge >= 0.3 is 0 Å². The molecule has 1 aromatic carbocycles. The Labute approximate surface area is 157 Å². The smallest absolute Gasteiger partial charge is 0.219 e. The van der Waals surface area contributed by atoms with Gasteiger partial charge < -0.3 is 9.80 Å². The summed E-state index contributed by atoms with van der Waals surface area (Å²) in [6, 6.07) is 6.63. The Bertz CT molecular complexity index is 810. The lowest BCUT2D eigenvalue weighted by molar-refractivity contribution is -0.130. The number of rotatable bonds is 4. The number of halogens is 2. The van der Waals surface area contributed by atoms with Crippen LogP contribution < -0.4 is 0 Å². The largest absolute Gasteiger partial charge is 0.335 e. The van der Waals surface area contributed by atoms with Gasteiger partial charge in [-0.15, -0.1) is 0 Å². The molecule has 1 amide bonds. The monoisotopic (exact) mass is 376 g/mol. The van der Waals surface area contributed by atoms with E-state index in [0.717, 1.165) is 38.3 Å². The predicted octanol–water partition coefficient (Wildman–Crippen LogP) is 2.83. The van der Waals surface area contributed by atoms with Gasteiger partial charge in [0.05, 0.1) is 23.8 Å². The summed E-state index contributed by atoms with van der Waals surface area (Å²) >= 11 is 5.91. The number of aromatic nitrogens is 2. The van der Waals surface area contributed by atoms with Crippen LogP contribution in [0.2, 0.25) is 5.02 Å². The van der Waals surface area contributed by atoms with Gasteiger partial charge in [-0.1, -0.05) is 23.7 Å². The van der Waals surface area contributed by atoms with Crippen LogP contribution in [0.5, 0.6) is 0 Å². The van der Waals surface area contributed by atoms with Gasteiger partial charge in [0.2, 0.25) is 5.91 Å². The molecule has 26 heavy (non-hydrogen) atoms. The fraction of sp³-hybridized carbons (Fsp3) is 0.474. The number of hydrogen-bond acceptors (Lipinski definition) is 3. The van der Waals surface area contributed by atoms with E-state index in [0.29, 0.717) is 16.9 Å². The highest BCUT2D eigenvalue weighted by atomic mass is 35.5. The van der Waals surface area contributed by atoms with Crippen molar-refractivity contribution in [3.05, 3.63) is 53.1 Å². The van der Waals surface area contributed by atoms with Crippen molar-refractivity contribution in [2.45, 2.75) is 19.5 Å². The Kier molecular flexibility index (Phi) is 4.71. The third kappa shape index (κ3) is 3.35. The zero-order valence-corrected chi connectivity index (χ0v) is 15.4. The Hall–Kier alpha value is -1.92. The second-order valence-corrected chi connectivity index (χ2v) is 7.71. The van der Waals surface area contributed by atoms with Crippen LogP contribution in [0.25, 0.3) is 0 Å². The second kappa shape index (κ2) is 7.00. The lowest BCUT2D eigenvalue weighted by Crippen LogP contribution is -2.35. The number of nitrogens with zero attached hydrogens (tertiary/aromatic N) is 4. The highest BCUT2D eigenvalue weighted by molar-refractivity contribution is 6.30. The fourth-order valence-electron chi connectivity index (χ4n) is 4.47. The van der Waals surface area contributed by atoms with E-state index in [-0.39, 0.29) is 17.8 Å². The molecule has 0 saturated carbocycles. The van der Waals surface area contributed by atoms with Crippen LogP contribution in [0.1, 0.15) is 18.5 Å². The Morgan fingerprint density at radius 1 is 1.31 bits per heavy atom. The Morgan fingerprint density at radius 3 is 2.85 bits per heavy atom. The van der Waals surface area contributed by atoms with Crippen molar-refractivity contribution < 1.29 is 9.18 Å². The molecule has 138 valence electrons. The van der Waals surface area contributed by atoms with E-state index in [2.05, 4.69) is 10.00 Å². The van der Waals surface area contributed by atoms with Gasteiger partial charge in [-0.2, -0.15) is 5.10 Å². The van der Waals surface area contributed by atoms with Crippen LogP contribution in [0, 0.1) is 17.7 Å². The SMILES string of the molecule is CC(=O)N1C[C@H]2CN(CCn3cc(Cl)cn3)C[C@H]2[C@@H]1c1cccc(F)c1. The standard InChI is InChI=1S/C19H22ClFN4O/c1-13(26)25-10-15-9-23(5-6-24-11-16(20)8-22-24)12-18(15)19(25)14-3-2-4-17(21)7-14/h2-4,7-8,11,15,18-19H,5-6,9-10,12H2,1H3/t15-,18-,19+/m1/s1. The van der Waals surface area contributed by atoms with Crippen molar-refractivity contribution in [2.24, 2.45) is 11.8 Å². The van der Waals surface area contributed by atoms with E-state index in [9.17, 15) is 9.18 Å². The number of fused-ring (bicyclic) bond motifs is 1. The molecule has 2 saturated heterocycles. The lowest BCUT2D eigenvalue weighted by Gasteiger charge is -2.29. The molecular formula is C19H22ClFN4O. The number of benzene rings is 1. The van der Waals surface area contributed by atoms with Crippen molar-refractivity contribution >= 4 is 17.5 Å². The van der Waals surface area contributed by atoms with Gasteiger partial charge in [-0.25, -0.2) is 4.39 Å². The normalized spacial score (nSPS) is 25.7. The molecule has 2 aliphatic rings. The molecule has 5 nitrogen and oxygen atoms in total. The molecule has 3 heterocycles. The van der Waals surface area contributed by atoms with Gasteiger partial charge in [-0.3, -0.25) is 9.48 Å².